The summed E-state index contributed by atoms with van der Waals surface area (Å²) in [6.07, 6.45) is -0.565. The highest BCUT2D eigenvalue weighted by Gasteiger charge is 2.23. The third kappa shape index (κ3) is 2.41. The molecule has 1 unspecified atom stereocenters. The van der Waals surface area contributed by atoms with Gasteiger partial charge in [-0.05, 0) is 20.0 Å². The van der Waals surface area contributed by atoms with Crippen LogP contribution in [0.4, 0.5) is 0 Å². The number of aliphatic hydroxyl groups is 1. The van der Waals surface area contributed by atoms with E-state index in [0.717, 1.165) is 27.1 Å². The van der Waals surface area contributed by atoms with Crippen molar-refractivity contribution in [3.05, 3.63) is 21.7 Å². The summed E-state index contributed by atoms with van der Waals surface area (Å²) >= 11 is 3.47. The number of aliphatic hydroxyl groups excluding tert-OH is 1. The maximum absolute atomic E-state index is 10.1. The Morgan fingerprint density at radius 3 is 2.88 bits per heavy atom. The SMILES string of the molecule is CNCC(O)c1c(Br)cc2c(c1C)OCCO2. The van der Waals surface area contributed by atoms with Crippen LogP contribution in [-0.4, -0.2) is 31.9 Å². The summed E-state index contributed by atoms with van der Waals surface area (Å²) in [4.78, 5) is 0. The topological polar surface area (TPSA) is 50.7 Å². The van der Waals surface area contributed by atoms with Crippen LogP contribution in [-0.2, 0) is 0 Å². The van der Waals surface area contributed by atoms with Crippen molar-refractivity contribution in [2.45, 2.75) is 13.0 Å². The first kappa shape index (κ1) is 12.7. The first-order valence-corrected chi connectivity index (χ1v) is 6.35. The summed E-state index contributed by atoms with van der Waals surface area (Å²) < 4.78 is 12.0. The Kier molecular flexibility index (Phi) is 3.91. The molecule has 0 radical (unpaired) electrons. The zero-order valence-corrected chi connectivity index (χ0v) is 11.5. The van der Waals surface area contributed by atoms with Crippen molar-refractivity contribution < 1.29 is 14.6 Å². The molecule has 5 heteroatoms. The van der Waals surface area contributed by atoms with E-state index in [2.05, 4.69) is 21.2 Å². The van der Waals surface area contributed by atoms with E-state index in [4.69, 9.17) is 9.47 Å². The monoisotopic (exact) mass is 301 g/mol. The molecule has 1 aliphatic heterocycles. The van der Waals surface area contributed by atoms with E-state index in [9.17, 15) is 5.11 Å². The van der Waals surface area contributed by atoms with E-state index in [1.165, 1.54) is 0 Å². The summed E-state index contributed by atoms with van der Waals surface area (Å²) in [6, 6.07) is 1.86. The average Bonchev–Trinajstić information content (AvgIpc) is 2.29. The molecule has 2 N–H and O–H groups in total. The highest BCUT2D eigenvalue weighted by atomic mass is 79.9. The van der Waals surface area contributed by atoms with Gasteiger partial charge in [0.05, 0.1) is 6.10 Å². The van der Waals surface area contributed by atoms with Gasteiger partial charge in [0.15, 0.2) is 11.5 Å². The van der Waals surface area contributed by atoms with Crippen molar-refractivity contribution in [1.82, 2.24) is 5.32 Å². The zero-order chi connectivity index (χ0) is 12.4. The predicted octanol–water partition coefficient (Wildman–Crippen LogP) is 1.78. The van der Waals surface area contributed by atoms with Gasteiger partial charge in [0, 0.05) is 22.1 Å². The largest absolute Gasteiger partial charge is 0.486 e. The van der Waals surface area contributed by atoms with Crippen LogP contribution in [0.25, 0.3) is 0 Å². The summed E-state index contributed by atoms with van der Waals surface area (Å²) in [5.74, 6) is 1.48. The van der Waals surface area contributed by atoms with Gasteiger partial charge in [0.1, 0.15) is 13.2 Å². The Bertz CT molecular complexity index is 423. The molecule has 1 aromatic carbocycles. The summed E-state index contributed by atoms with van der Waals surface area (Å²) in [5.41, 5.74) is 1.78. The van der Waals surface area contributed by atoms with Gasteiger partial charge in [-0.15, -0.1) is 0 Å². The minimum Gasteiger partial charge on any atom is -0.486 e. The molecule has 0 fully saturated rings. The molecular formula is C12H16BrNO3. The third-order valence-corrected chi connectivity index (χ3v) is 3.46. The highest BCUT2D eigenvalue weighted by Crippen LogP contribution is 2.41. The normalized spacial score (nSPS) is 15.8. The molecule has 4 nitrogen and oxygen atoms in total. The van der Waals surface area contributed by atoms with E-state index >= 15 is 0 Å². The highest BCUT2D eigenvalue weighted by molar-refractivity contribution is 9.10. The van der Waals surface area contributed by atoms with Crippen LogP contribution < -0.4 is 14.8 Å². The first-order chi connectivity index (χ1) is 8.15. The number of nitrogens with one attached hydrogen (secondary N) is 1. The van der Waals surface area contributed by atoms with Gasteiger partial charge in [-0.2, -0.15) is 0 Å². The molecular weight excluding hydrogens is 286 g/mol. The van der Waals surface area contributed by atoms with E-state index in [1.807, 2.05) is 20.0 Å². The summed E-state index contributed by atoms with van der Waals surface area (Å²) in [6.45, 7) is 3.56. The minimum atomic E-state index is -0.565. The van der Waals surface area contributed by atoms with E-state index in [0.29, 0.717) is 19.8 Å². The standard InChI is InChI=1S/C12H16BrNO3/c1-7-11(9(15)6-14-2)8(13)5-10-12(7)17-4-3-16-10/h5,9,14-15H,3-4,6H2,1-2H3. The summed E-state index contributed by atoms with van der Waals surface area (Å²) in [5, 5.41) is 13.1. The van der Waals surface area contributed by atoms with Crippen molar-refractivity contribution in [3.8, 4) is 11.5 Å². The molecule has 0 aromatic heterocycles. The molecule has 1 heterocycles. The average molecular weight is 302 g/mol. The molecule has 0 amide bonds. The predicted molar refractivity (Wildman–Crippen MR) is 68.8 cm³/mol. The number of fused-ring (bicyclic) bond motifs is 1. The summed E-state index contributed by atoms with van der Waals surface area (Å²) in [7, 11) is 1.81. The van der Waals surface area contributed by atoms with E-state index in [1.54, 1.807) is 0 Å². The van der Waals surface area contributed by atoms with Crippen molar-refractivity contribution in [2.75, 3.05) is 26.8 Å². The van der Waals surface area contributed by atoms with E-state index in [-0.39, 0.29) is 0 Å². The number of likely N-dealkylation sites (N-methyl/N-ethyl adjacent to an activating group) is 1. The smallest absolute Gasteiger partial charge is 0.164 e. The van der Waals surface area contributed by atoms with Gasteiger partial charge in [0.25, 0.3) is 0 Å². The van der Waals surface area contributed by atoms with Crippen LogP contribution in [0.15, 0.2) is 10.5 Å². The van der Waals surface area contributed by atoms with Crippen LogP contribution >= 0.6 is 15.9 Å². The quantitative estimate of drug-likeness (QED) is 0.894. The van der Waals surface area contributed by atoms with Crippen molar-refractivity contribution >= 4 is 15.9 Å². The molecule has 0 bridgehead atoms. The lowest BCUT2D eigenvalue weighted by molar-refractivity contribution is 0.162. The van der Waals surface area contributed by atoms with Crippen LogP contribution in [0, 0.1) is 6.92 Å². The first-order valence-electron chi connectivity index (χ1n) is 5.56. The molecule has 0 saturated heterocycles. The molecule has 0 spiro atoms. The number of hydrogen-bond acceptors (Lipinski definition) is 4. The molecule has 0 saturated carbocycles. The Balaban J connectivity index is 2.45. The second-order valence-electron chi connectivity index (χ2n) is 3.99. The fourth-order valence-electron chi connectivity index (χ4n) is 2.03. The lowest BCUT2D eigenvalue weighted by atomic mass is 10.0. The number of benzene rings is 1. The zero-order valence-electron chi connectivity index (χ0n) is 9.92. The second kappa shape index (κ2) is 5.25. The van der Waals surface area contributed by atoms with Crippen LogP contribution in [0.2, 0.25) is 0 Å². The lowest BCUT2D eigenvalue weighted by Gasteiger charge is -2.24. The van der Waals surface area contributed by atoms with Gasteiger partial charge >= 0.3 is 0 Å². The van der Waals surface area contributed by atoms with Gasteiger partial charge in [0.2, 0.25) is 0 Å². The van der Waals surface area contributed by atoms with Crippen LogP contribution in [0.5, 0.6) is 11.5 Å². The number of halogens is 1. The van der Waals surface area contributed by atoms with Crippen molar-refractivity contribution in [2.24, 2.45) is 0 Å². The molecule has 1 atom stereocenters. The molecule has 2 rings (SSSR count). The fourth-order valence-corrected chi connectivity index (χ4v) is 2.80. The lowest BCUT2D eigenvalue weighted by Crippen LogP contribution is -2.20. The Labute approximate surface area is 109 Å². The third-order valence-electron chi connectivity index (χ3n) is 2.80. The molecule has 0 aliphatic carbocycles. The number of hydrogen-bond donors (Lipinski definition) is 2. The Hall–Kier alpha value is -0.780. The van der Waals surface area contributed by atoms with Crippen LogP contribution in [0.3, 0.4) is 0 Å². The molecule has 1 aliphatic rings. The maximum Gasteiger partial charge on any atom is 0.164 e. The van der Waals surface area contributed by atoms with Crippen molar-refractivity contribution in [3.63, 3.8) is 0 Å². The van der Waals surface area contributed by atoms with E-state index < -0.39 is 6.10 Å². The minimum absolute atomic E-state index is 0.499. The molecule has 94 valence electrons. The van der Waals surface area contributed by atoms with Crippen molar-refractivity contribution in [1.29, 1.82) is 0 Å². The van der Waals surface area contributed by atoms with Gasteiger partial charge in [-0.25, -0.2) is 0 Å². The number of ether oxygens (including phenoxy) is 2. The van der Waals surface area contributed by atoms with Gasteiger partial charge in [-0.1, -0.05) is 15.9 Å². The maximum atomic E-state index is 10.1. The molecule has 1 aromatic rings. The van der Waals surface area contributed by atoms with Crippen LogP contribution in [0.1, 0.15) is 17.2 Å². The fraction of sp³-hybridized carbons (Fsp3) is 0.500. The Morgan fingerprint density at radius 2 is 2.18 bits per heavy atom. The van der Waals surface area contributed by atoms with Gasteiger partial charge in [-0.3, -0.25) is 0 Å². The number of rotatable bonds is 3. The second-order valence-corrected chi connectivity index (χ2v) is 4.85. The molecule has 17 heavy (non-hydrogen) atoms. The Morgan fingerprint density at radius 1 is 1.47 bits per heavy atom. The van der Waals surface area contributed by atoms with Gasteiger partial charge < -0.3 is 19.9 Å².